The number of hydrazone groups is 1. The van der Waals surface area contributed by atoms with E-state index in [0.29, 0.717) is 21.2 Å². The van der Waals surface area contributed by atoms with E-state index in [-0.39, 0.29) is 17.1 Å². The molecular formula is C24H17ClN2O5S. The number of nitrogens with zero attached hydrogens (tertiary/aromatic N) is 1. The highest BCUT2D eigenvalue weighted by Crippen LogP contribution is 2.37. The fourth-order valence-electron chi connectivity index (χ4n) is 3.03. The maximum Gasteiger partial charge on any atom is 0.355 e. The molecule has 7 nitrogen and oxygen atoms in total. The maximum atomic E-state index is 12.7. The number of methoxy groups -OCH3 is 1. The molecule has 0 spiro atoms. The minimum Gasteiger partial charge on any atom is -0.507 e. The van der Waals surface area contributed by atoms with Gasteiger partial charge in [0, 0.05) is 10.1 Å². The number of carbonyl (C=O) groups excluding carboxylic acids is 2. The van der Waals surface area contributed by atoms with E-state index in [1.807, 2.05) is 24.3 Å². The molecule has 4 rings (SSSR count). The Bertz CT molecular complexity index is 1380. The average molecular weight is 481 g/mol. The number of amides is 1. The van der Waals surface area contributed by atoms with Gasteiger partial charge in [-0.2, -0.15) is 5.10 Å². The van der Waals surface area contributed by atoms with Crippen molar-refractivity contribution in [3.8, 4) is 17.2 Å². The molecule has 1 aromatic heterocycles. The third kappa shape index (κ3) is 4.82. The van der Waals surface area contributed by atoms with Gasteiger partial charge in [0.15, 0.2) is 11.5 Å². The van der Waals surface area contributed by atoms with Gasteiger partial charge in [0.1, 0.15) is 10.6 Å². The Hall–Kier alpha value is -3.88. The van der Waals surface area contributed by atoms with Crippen LogP contribution < -0.4 is 14.9 Å². The van der Waals surface area contributed by atoms with Crippen LogP contribution in [0.1, 0.15) is 25.6 Å². The largest absolute Gasteiger partial charge is 0.507 e. The van der Waals surface area contributed by atoms with Crippen LogP contribution in [-0.4, -0.2) is 30.3 Å². The number of benzene rings is 3. The zero-order chi connectivity index (χ0) is 23.4. The molecule has 3 aromatic carbocycles. The average Bonchev–Trinajstić information content (AvgIpc) is 3.17. The summed E-state index contributed by atoms with van der Waals surface area (Å²) in [6.07, 6.45) is 1.40. The number of esters is 1. The van der Waals surface area contributed by atoms with Crippen molar-refractivity contribution in [2.45, 2.75) is 0 Å². The zero-order valence-electron chi connectivity index (χ0n) is 17.2. The number of aromatic hydroxyl groups is 1. The van der Waals surface area contributed by atoms with Crippen LogP contribution in [-0.2, 0) is 0 Å². The smallest absolute Gasteiger partial charge is 0.355 e. The zero-order valence-corrected chi connectivity index (χ0v) is 18.8. The third-order valence-corrected chi connectivity index (χ3v) is 6.29. The summed E-state index contributed by atoms with van der Waals surface area (Å²) in [5.74, 6) is -0.766. The third-order valence-electron chi connectivity index (χ3n) is 4.64. The maximum absolute atomic E-state index is 12.7. The summed E-state index contributed by atoms with van der Waals surface area (Å²) < 4.78 is 11.7. The topological polar surface area (TPSA) is 97.2 Å². The Labute approximate surface area is 197 Å². The van der Waals surface area contributed by atoms with Crippen molar-refractivity contribution in [1.82, 2.24) is 5.43 Å². The second kappa shape index (κ2) is 9.72. The Morgan fingerprint density at radius 1 is 1.06 bits per heavy atom. The predicted molar refractivity (Wildman–Crippen MR) is 128 cm³/mol. The van der Waals surface area contributed by atoms with Gasteiger partial charge in [-0.25, -0.2) is 10.2 Å². The van der Waals surface area contributed by atoms with Crippen molar-refractivity contribution < 1.29 is 24.2 Å². The van der Waals surface area contributed by atoms with E-state index in [9.17, 15) is 14.7 Å². The van der Waals surface area contributed by atoms with E-state index >= 15 is 0 Å². The molecule has 0 bridgehead atoms. The first-order chi connectivity index (χ1) is 16.0. The quantitative estimate of drug-likeness (QED) is 0.170. The van der Waals surface area contributed by atoms with E-state index < -0.39 is 11.9 Å². The molecule has 2 N–H and O–H groups in total. The lowest BCUT2D eigenvalue weighted by Gasteiger charge is -2.09. The molecule has 0 saturated heterocycles. The minimum absolute atomic E-state index is 0.106. The van der Waals surface area contributed by atoms with Crippen LogP contribution in [0.2, 0.25) is 5.02 Å². The molecule has 0 aliphatic carbocycles. The molecule has 0 saturated carbocycles. The van der Waals surface area contributed by atoms with Crippen molar-refractivity contribution in [2.75, 3.05) is 7.11 Å². The first kappa shape index (κ1) is 22.3. The summed E-state index contributed by atoms with van der Waals surface area (Å²) in [6, 6.07) is 18.4. The first-order valence-corrected chi connectivity index (χ1v) is 10.9. The number of para-hydroxylation sites is 1. The molecule has 0 unspecified atom stereocenters. The minimum atomic E-state index is -0.587. The van der Waals surface area contributed by atoms with Crippen molar-refractivity contribution in [2.24, 2.45) is 5.10 Å². The molecule has 0 aliphatic rings. The van der Waals surface area contributed by atoms with Gasteiger partial charge in [0.05, 0.1) is 23.9 Å². The Morgan fingerprint density at radius 2 is 1.82 bits per heavy atom. The van der Waals surface area contributed by atoms with Crippen molar-refractivity contribution in [3.63, 3.8) is 0 Å². The molecule has 9 heteroatoms. The molecule has 166 valence electrons. The number of phenols is 1. The fraction of sp³-hybridized carbons (Fsp3) is 0.0417. The molecule has 0 radical (unpaired) electrons. The number of carbonyl (C=O) groups is 2. The van der Waals surface area contributed by atoms with Crippen molar-refractivity contribution in [3.05, 3.63) is 87.8 Å². The van der Waals surface area contributed by atoms with Crippen molar-refractivity contribution in [1.29, 1.82) is 0 Å². The summed E-state index contributed by atoms with van der Waals surface area (Å²) in [6.45, 7) is 0. The lowest BCUT2D eigenvalue weighted by atomic mass is 10.2. The van der Waals surface area contributed by atoms with E-state index in [2.05, 4.69) is 10.5 Å². The number of phenolic OH excluding ortho intramolecular Hbond substituents is 1. The molecule has 4 aromatic rings. The molecule has 33 heavy (non-hydrogen) atoms. The molecule has 1 heterocycles. The van der Waals surface area contributed by atoms with Gasteiger partial charge >= 0.3 is 5.97 Å². The summed E-state index contributed by atoms with van der Waals surface area (Å²) >= 11 is 7.62. The summed E-state index contributed by atoms with van der Waals surface area (Å²) in [7, 11) is 1.44. The van der Waals surface area contributed by atoms with E-state index in [1.54, 1.807) is 30.3 Å². The second-order valence-corrected chi connectivity index (χ2v) is 8.19. The van der Waals surface area contributed by atoms with Gasteiger partial charge in [0.25, 0.3) is 5.91 Å². The van der Waals surface area contributed by atoms with Gasteiger partial charge in [-0.1, -0.05) is 41.9 Å². The van der Waals surface area contributed by atoms with Crippen LogP contribution in [0.3, 0.4) is 0 Å². The van der Waals surface area contributed by atoms with Crippen molar-refractivity contribution >= 4 is 51.1 Å². The lowest BCUT2D eigenvalue weighted by Crippen LogP contribution is -2.17. The number of hydrogen-bond donors (Lipinski definition) is 2. The van der Waals surface area contributed by atoms with Gasteiger partial charge < -0.3 is 14.6 Å². The number of halogens is 1. The Kier molecular flexibility index (Phi) is 6.58. The van der Waals surface area contributed by atoms with E-state index in [4.69, 9.17) is 21.1 Å². The van der Waals surface area contributed by atoms with Gasteiger partial charge in [0.2, 0.25) is 0 Å². The highest BCUT2D eigenvalue weighted by Gasteiger charge is 2.20. The van der Waals surface area contributed by atoms with E-state index in [1.165, 1.54) is 36.8 Å². The van der Waals surface area contributed by atoms with Gasteiger partial charge in [-0.15, -0.1) is 11.3 Å². The van der Waals surface area contributed by atoms with Gasteiger partial charge in [-0.05, 0) is 42.0 Å². The predicted octanol–water partition coefficient (Wildman–Crippen LogP) is 5.25. The second-order valence-electron chi connectivity index (χ2n) is 6.76. The number of nitrogens with one attached hydrogen (secondary N) is 1. The standard InChI is InChI=1S/C24H17ClN2O5S/c1-31-19-12-14(13-26-27-23(29)15-6-2-4-8-17(15)28)10-11-18(19)32-24(30)22-21(25)16-7-3-5-9-20(16)33-22/h2-13,28H,1H3,(H,27,29)/b26-13-. The van der Waals surface area contributed by atoms with E-state index in [0.717, 1.165) is 10.1 Å². The molecule has 0 aliphatic heterocycles. The molecule has 0 atom stereocenters. The van der Waals surface area contributed by atoms with Crippen LogP contribution in [0.25, 0.3) is 10.1 Å². The summed E-state index contributed by atoms with van der Waals surface area (Å²) in [5.41, 5.74) is 3.04. The van der Waals surface area contributed by atoms with Crippen LogP contribution in [0.4, 0.5) is 0 Å². The van der Waals surface area contributed by atoms with Crippen LogP contribution in [0, 0.1) is 0 Å². The highest BCUT2D eigenvalue weighted by atomic mass is 35.5. The lowest BCUT2D eigenvalue weighted by molar-refractivity contribution is 0.0734. The number of ether oxygens (including phenoxy) is 2. The number of rotatable bonds is 6. The molecule has 0 fully saturated rings. The number of fused-ring (bicyclic) bond motifs is 1. The monoisotopic (exact) mass is 480 g/mol. The first-order valence-electron chi connectivity index (χ1n) is 9.66. The van der Waals surface area contributed by atoms with Crippen LogP contribution in [0.15, 0.2) is 71.8 Å². The van der Waals surface area contributed by atoms with Crippen LogP contribution in [0.5, 0.6) is 17.2 Å². The molecule has 1 amide bonds. The number of hydrogen-bond acceptors (Lipinski definition) is 7. The van der Waals surface area contributed by atoms with Crippen LogP contribution >= 0.6 is 22.9 Å². The highest BCUT2D eigenvalue weighted by molar-refractivity contribution is 7.21. The molecular weight excluding hydrogens is 464 g/mol. The summed E-state index contributed by atoms with van der Waals surface area (Å²) in [5, 5.41) is 14.8. The fourth-order valence-corrected chi connectivity index (χ4v) is 4.42. The normalized spacial score (nSPS) is 11.0. The number of thiophene rings is 1. The Morgan fingerprint density at radius 3 is 2.58 bits per heavy atom. The SMILES string of the molecule is COc1cc(/C=N\NC(=O)c2ccccc2O)ccc1OC(=O)c1sc2ccccc2c1Cl. The Balaban J connectivity index is 1.48. The van der Waals surface area contributed by atoms with Gasteiger partial charge in [-0.3, -0.25) is 4.79 Å². The summed E-state index contributed by atoms with van der Waals surface area (Å²) in [4.78, 5) is 25.1.